The van der Waals surface area contributed by atoms with Gasteiger partial charge in [-0.1, -0.05) is 31.4 Å². The molecule has 3 aromatic rings. The van der Waals surface area contributed by atoms with E-state index in [4.69, 9.17) is 0 Å². The van der Waals surface area contributed by atoms with Crippen molar-refractivity contribution in [2.75, 3.05) is 7.05 Å². The van der Waals surface area contributed by atoms with Crippen LogP contribution in [0.2, 0.25) is 0 Å². The molecule has 2 aromatic carbocycles. The SMILES string of the molecule is C=C(NC(=O)C(=C)N1Cc2c(cccc2-c2ccc3nn(C(C)C)cc3c2)C1=O)C(=O)N(C)C(C)C. The summed E-state index contributed by atoms with van der Waals surface area (Å²) in [5.41, 5.74) is 4.00. The van der Waals surface area contributed by atoms with Crippen molar-refractivity contribution in [1.29, 1.82) is 0 Å². The quantitative estimate of drug-likeness (QED) is 0.507. The minimum Gasteiger partial charge on any atom is -0.338 e. The first-order chi connectivity index (χ1) is 17.0. The smallest absolute Gasteiger partial charge is 0.271 e. The standard InChI is InChI=1S/C28H31N5O3/c1-16(2)31(7)27(35)18(5)29-26(34)19(6)32-15-24-22(9-8-10-23(24)28(32)36)20-11-12-25-21(13-20)14-33(30-25)17(3)4/h8-14,16-17H,5-6,15H2,1-4,7H3,(H,29,34). The fourth-order valence-electron chi connectivity index (χ4n) is 4.13. The lowest BCUT2D eigenvalue weighted by Crippen LogP contribution is -2.41. The number of benzene rings is 2. The summed E-state index contributed by atoms with van der Waals surface area (Å²) in [6, 6.07) is 11.8. The van der Waals surface area contributed by atoms with E-state index in [1.165, 1.54) is 9.80 Å². The van der Waals surface area contributed by atoms with Gasteiger partial charge in [0, 0.05) is 36.3 Å². The molecule has 0 unspecified atom stereocenters. The van der Waals surface area contributed by atoms with Gasteiger partial charge in [-0.3, -0.25) is 24.0 Å². The van der Waals surface area contributed by atoms with Gasteiger partial charge in [0.05, 0.1) is 17.8 Å². The van der Waals surface area contributed by atoms with Crippen molar-refractivity contribution in [2.45, 2.75) is 46.3 Å². The highest BCUT2D eigenvalue weighted by Crippen LogP contribution is 2.35. The molecule has 3 amide bonds. The molecule has 1 N–H and O–H groups in total. The summed E-state index contributed by atoms with van der Waals surface area (Å²) >= 11 is 0. The highest BCUT2D eigenvalue weighted by molar-refractivity contribution is 6.08. The molecule has 4 rings (SSSR count). The molecule has 0 bridgehead atoms. The lowest BCUT2D eigenvalue weighted by molar-refractivity contribution is -0.129. The Labute approximate surface area is 210 Å². The molecular formula is C28H31N5O3. The van der Waals surface area contributed by atoms with Crippen LogP contribution in [-0.2, 0) is 16.1 Å². The van der Waals surface area contributed by atoms with Crippen LogP contribution in [0.4, 0.5) is 0 Å². The molecule has 8 nitrogen and oxygen atoms in total. The number of hydrogen-bond acceptors (Lipinski definition) is 4. The van der Waals surface area contributed by atoms with Crippen molar-refractivity contribution in [1.82, 2.24) is 24.9 Å². The first-order valence-electron chi connectivity index (χ1n) is 11.9. The van der Waals surface area contributed by atoms with Gasteiger partial charge in [0.15, 0.2) is 0 Å². The third-order valence-electron chi connectivity index (χ3n) is 6.54. The summed E-state index contributed by atoms with van der Waals surface area (Å²) in [5, 5.41) is 8.11. The van der Waals surface area contributed by atoms with Crippen molar-refractivity contribution < 1.29 is 14.4 Å². The molecule has 0 atom stereocenters. The van der Waals surface area contributed by atoms with Crippen LogP contribution in [0.3, 0.4) is 0 Å². The van der Waals surface area contributed by atoms with Crippen molar-refractivity contribution in [2.24, 2.45) is 0 Å². The normalized spacial score (nSPS) is 12.9. The topological polar surface area (TPSA) is 87.5 Å². The number of hydrogen-bond donors (Lipinski definition) is 1. The van der Waals surface area contributed by atoms with Gasteiger partial charge in [-0.25, -0.2) is 0 Å². The van der Waals surface area contributed by atoms with Gasteiger partial charge in [-0.05, 0) is 62.6 Å². The molecule has 1 aliphatic heterocycles. The molecule has 8 heteroatoms. The van der Waals surface area contributed by atoms with Crippen molar-refractivity contribution in [3.8, 4) is 11.1 Å². The molecular weight excluding hydrogens is 454 g/mol. The van der Waals surface area contributed by atoms with E-state index in [-0.39, 0.29) is 35.9 Å². The summed E-state index contributed by atoms with van der Waals surface area (Å²) in [7, 11) is 1.63. The van der Waals surface area contributed by atoms with Gasteiger partial charge in [-0.2, -0.15) is 5.10 Å². The molecule has 1 aromatic heterocycles. The summed E-state index contributed by atoms with van der Waals surface area (Å²) in [4.78, 5) is 41.3. The largest absolute Gasteiger partial charge is 0.338 e. The molecule has 0 fully saturated rings. The Hall–Kier alpha value is -4.20. The molecule has 2 heterocycles. The van der Waals surface area contributed by atoms with Crippen LogP contribution in [-0.4, -0.2) is 50.4 Å². The van der Waals surface area contributed by atoms with E-state index < -0.39 is 11.8 Å². The Morgan fingerprint density at radius 1 is 1.08 bits per heavy atom. The maximum atomic E-state index is 13.2. The number of fused-ring (bicyclic) bond motifs is 2. The zero-order valence-electron chi connectivity index (χ0n) is 21.3. The predicted molar refractivity (Wildman–Crippen MR) is 140 cm³/mol. The Balaban J connectivity index is 1.57. The van der Waals surface area contributed by atoms with Crippen molar-refractivity contribution in [3.05, 3.63) is 78.3 Å². The first kappa shape index (κ1) is 24.9. The van der Waals surface area contributed by atoms with Gasteiger partial charge < -0.3 is 10.2 Å². The number of aromatic nitrogens is 2. The summed E-state index contributed by atoms with van der Waals surface area (Å²) in [6.07, 6.45) is 2.02. The van der Waals surface area contributed by atoms with Crippen LogP contribution in [0.1, 0.15) is 49.7 Å². The number of nitrogens with zero attached hydrogens (tertiary/aromatic N) is 4. The summed E-state index contributed by atoms with van der Waals surface area (Å²) in [6.45, 7) is 15.6. The average Bonchev–Trinajstić information content (AvgIpc) is 3.43. The van der Waals surface area contributed by atoms with E-state index in [0.29, 0.717) is 5.56 Å². The Bertz CT molecular complexity index is 1420. The zero-order chi connectivity index (χ0) is 26.3. The van der Waals surface area contributed by atoms with Crippen LogP contribution >= 0.6 is 0 Å². The van der Waals surface area contributed by atoms with E-state index >= 15 is 0 Å². The maximum absolute atomic E-state index is 13.2. The van der Waals surface area contributed by atoms with Crippen LogP contribution < -0.4 is 5.32 Å². The highest BCUT2D eigenvalue weighted by Gasteiger charge is 2.34. The second-order valence-corrected chi connectivity index (χ2v) is 9.59. The zero-order valence-corrected chi connectivity index (χ0v) is 21.3. The van der Waals surface area contributed by atoms with Crippen LogP contribution in [0.5, 0.6) is 0 Å². The van der Waals surface area contributed by atoms with Gasteiger partial charge in [-0.15, -0.1) is 0 Å². The number of likely N-dealkylation sites (N-methyl/N-ethyl adjacent to an activating group) is 1. The van der Waals surface area contributed by atoms with E-state index in [9.17, 15) is 14.4 Å². The Morgan fingerprint density at radius 3 is 2.44 bits per heavy atom. The molecule has 0 saturated heterocycles. The fourth-order valence-corrected chi connectivity index (χ4v) is 4.13. The van der Waals surface area contributed by atoms with Gasteiger partial charge in [0.1, 0.15) is 5.70 Å². The number of carbonyl (C=O) groups excluding carboxylic acids is 3. The molecule has 186 valence electrons. The monoisotopic (exact) mass is 485 g/mol. The number of rotatable bonds is 7. The second kappa shape index (κ2) is 9.45. The van der Waals surface area contributed by atoms with Crippen molar-refractivity contribution >= 4 is 28.6 Å². The summed E-state index contributed by atoms with van der Waals surface area (Å²) < 4.78 is 1.93. The van der Waals surface area contributed by atoms with E-state index in [1.54, 1.807) is 13.1 Å². The molecule has 1 aliphatic rings. The van der Waals surface area contributed by atoms with Gasteiger partial charge in [0.2, 0.25) is 0 Å². The Kier molecular flexibility index (Phi) is 6.54. The van der Waals surface area contributed by atoms with Crippen LogP contribution in [0.25, 0.3) is 22.0 Å². The van der Waals surface area contributed by atoms with Crippen LogP contribution in [0, 0.1) is 0 Å². The fraction of sp³-hybridized carbons (Fsp3) is 0.286. The van der Waals surface area contributed by atoms with E-state index in [1.807, 2.05) is 49.0 Å². The maximum Gasteiger partial charge on any atom is 0.271 e. The lowest BCUT2D eigenvalue weighted by Gasteiger charge is -2.23. The van der Waals surface area contributed by atoms with Gasteiger partial charge >= 0.3 is 0 Å². The minimum absolute atomic E-state index is 0.0445. The third-order valence-corrected chi connectivity index (χ3v) is 6.54. The predicted octanol–water partition coefficient (Wildman–Crippen LogP) is 4.25. The molecule has 0 saturated carbocycles. The number of nitrogens with one attached hydrogen (secondary N) is 1. The Morgan fingerprint density at radius 2 is 1.78 bits per heavy atom. The second-order valence-electron chi connectivity index (χ2n) is 9.59. The van der Waals surface area contributed by atoms with Crippen molar-refractivity contribution in [3.63, 3.8) is 0 Å². The number of carbonyl (C=O) groups is 3. The molecule has 0 radical (unpaired) electrons. The summed E-state index contributed by atoms with van der Waals surface area (Å²) in [5.74, 6) is -1.35. The molecule has 0 spiro atoms. The van der Waals surface area contributed by atoms with Gasteiger partial charge in [0.25, 0.3) is 17.7 Å². The lowest BCUT2D eigenvalue weighted by atomic mass is 9.96. The number of amides is 3. The third kappa shape index (κ3) is 4.42. The molecule has 36 heavy (non-hydrogen) atoms. The van der Waals surface area contributed by atoms with E-state index in [0.717, 1.165) is 27.6 Å². The van der Waals surface area contributed by atoms with E-state index in [2.05, 4.69) is 43.5 Å². The highest BCUT2D eigenvalue weighted by atomic mass is 16.2. The molecule has 0 aliphatic carbocycles. The minimum atomic E-state index is -0.643. The average molecular weight is 486 g/mol. The van der Waals surface area contributed by atoms with Crippen LogP contribution in [0.15, 0.2) is 67.1 Å². The first-order valence-corrected chi connectivity index (χ1v) is 11.9.